The Morgan fingerprint density at radius 2 is 1.96 bits per heavy atom. The van der Waals surface area contributed by atoms with Crippen LogP contribution in [0.15, 0.2) is 12.4 Å². The number of aromatic nitrogens is 5. The third-order valence-corrected chi connectivity index (χ3v) is 5.83. The lowest BCUT2D eigenvalue weighted by Crippen LogP contribution is -2.37. The molecule has 0 amide bonds. The third kappa shape index (κ3) is 3.30. The van der Waals surface area contributed by atoms with Gasteiger partial charge in [0, 0.05) is 38.4 Å². The maximum absolute atomic E-state index is 11.6. The summed E-state index contributed by atoms with van der Waals surface area (Å²) in [6, 6.07) is 0. The van der Waals surface area contributed by atoms with Crippen molar-refractivity contribution < 1.29 is 8.42 Å². The second kappa shape index (κ2) is 6.04. The van der Waals surface area contributed by atoms with Crippen LogP contribution in [0.1, 0.15) is 36.2 Å². The first-order chi connectivity index (χ1) is 10.9. The molecular weight excluding hydrogens is 316 g/mol. The molecule has 1 saturated heterocycles. The third-order valence-electron chi connectivity index (χ3n) is 4.52. The first kappa shape index (κ1) is 16.1. The summed E-state index contributed by atoms with van der Waals surface area (Å²) in [5, 5.41) is 8.66. The van der Waals surface area contributed by atoms with Crippen LogP contribution in [0.2, 0.25) is 0 Å². The zero-order valence-corrected chi connectivity index (χ0v) is 14.5. The second-order valence-electron chi connectivity index (χ2n) is 6.07. The van der Waals surface area contributed by atoms with Crippen LogP contribution in [-0.2, 0) is 23.6 Å². The van der Waals surface area contributed by atoms with Gasteiger partial charge in [0.15, 0.2) is 5.82 Å². The van der Waals surface area contributed by atoms with Crippen molar-refractivity contribution in [2.45, 2.75) is 32.2 Å². The van der Waals surface area contributed by atoms with Crippen molar-refractivity contribution in [3.63, 3.8) is 0 Å². The van der Waals surface area contributed by atoms with Gasteiger partial charge in [0.25, 0.3) is 0 Å². The van der Waals surface area contributed by atoms with Crippen LogP contribution in [0, 0.1) is 6.92 Å². The van der Waals surface area contributed by atoms with Crippen molar-refractivity contribution in [3.8, 4) is 0 Å². The molecule has 0 spiro atoms. The van der Waals surface area contributed by atoms with Gasteiger partial charge in [0.2, 0.25) is 10.0 Å². The second-order valence-corrected chi connectivity index (χ2v) is 8.05. The molecule has 9 heteroatoms. The largest absolute Gasteiger partial charge is 0.328 e. The summed E-state index contributed by atoms with van der Waals surface area (Å²) in [5.74, 6) is 3.01. The molecule has 0 aromatic carbocycles. The molecule has 2 aromatic heterocycles. The SMILES string of the molecule is Cc1nccn1Cc1nnc(C2CCN(S(C)(=O)=O)CC2)n1C. The van der Waals surface area contributed by atoms with Crippen LogP contribution in [0.4, 0.5) is 0 Å². The zero-order valence-electron chi connectivity index (χ0n) is 13.7. The summed E-state index contributed by atoms with van der Waals surface area (Å²) in [4.78, 5) is 4.21. The summed E-state index contributed by atoms with van der Waals surface area (Å²) in [6.45, 7) is 3.69. The van der Waals surface area contributed by atoms with Crippen molar-refractivity contribution in [3.05, 3.63) is 29.9 Å². The maximum atomic E-state index is 11.6. The predicted octanol–water partition coefficient (Wildman–Crippen LogP) is 0.507. The lowest BCUT2D eigenvalue weighted by Gasteiger charge is -2.29. The van der Waals surface area contributed by atoms with Gasteiger partial charge in [-0.3, -0.25) is 0 Å². The van der Waals surface area contributed by atoms with Crippen LogP contribution in [0.25, 0.3) is 0 Å². The highest BCUT2D eigenvalue weighted by Gasteiger charge is 2.28. The van der Waals surface area contributed by atoms with Gasteiger partial charge in [0.1, 0.15) is 11.6 Å². The molecule has 0 saturated carbocycles. The quantitative estimate of drug-likeness (QED) is 0.811. The molecule has 0 bridgehead atoms. The predicted molar refractivity (Wildman–Crippen MR) is 85.5 cm³/mol. The van der Waals surface area contributed by atoms with Crippen LogP contribution in [0.5, 0.6) is 0 Å². The maximum Gasteiger partial charge on any atom is 0.211 e. The molecule has 126 valence electrons. The van der Waals surface area contributed by atoms with E-state index < -0.39 is 10.0 Å². The molecule has 8 nitrogen and oxygen atoms in total. The Balaban J connectivity index is 1.72. The van der Waals surface area contributed by atoms with Crippen LogP contribution in [0.3, 0.4) is 0 Å². The van der Waals surface area contributed by atoms with Gasteiger partial charge in [-0.15, -0.1) is 10.2 Å². The van der Waals surface area contributed by atoms with Gasteiger partial charge in [-0.1, -0.05) is 0 Å². The number of nitrogens with zero attached hydrogens (tertiary/aromatic N) is 6. The smallest absolute Gasteiger partial charge is 0.211 e. The summed E-state index contributed by atoms with van der Waals surface area (Å²) in [5.41, 5.74) is 0. The lowest BCUT2D eigenvalue weighted by atomic mass is 9.97. The summed E-state index contributed by atoms with van der Waals surface area (Å²) in [6.07, 6.45) is 6.52. The first-order valence-electron chi connectivity index (χ1n) is 7.67. The molecule has 0 unspecified atom stereocenters. The number of hydrogen-bond donors (Lipinski definition) is 0. The summed E-state index contributed by atoms with van der Waals surface area (Å²) >= 11 is 0. The fourth-order valence-corrected chi connectivity index (χ4v) is 3.91. The monoisotopic (exact) mass is 338 g/mol. The summed E-state index contributed by atoms with van der Waals surface area (Å²) in [7, 11) is -1.12. The van der Waals surface area contributed by atoms with Gasteiger partial charge in [0.05, 0.1) is 12.8 Å². The van der Waals surface area contributed by atoms with E-state index in [-0.39, 0.29) is 5.92 Å². The van der Waals surface area contributed by atoms with Crippen molar-refractivity contribution in [2.24, 2.45) is 7.05 Å². The fourth-order valence-electron chi connectivity index (χ4n) is 3.04. The van der Waals surface area contributed by atoms with E-state index in [1.54, 1.807) is 6.20 Å². The minimum atomic E-state index is -3.10. The minimum Gasteiger partial charge on any atom is -0.328 e. The van der Waals surface area contributed by atoms with Crippen molar-refractivity contribution >= 4 is 10.0 Å². The minimum absolute atomic E-state index is 0.253. The Kier molecular flexibility index (Phi) is 4.24. The first-order valence-corrected chi connectivity index (χ1v) is 9.52. The number of rotatable bonds is 4. The average Bonchev–Trinajstić information content (AvgIpc) is 3.06. The number of imidazole rings is 1. The van der Waals surface area contributed by atoms with E-state index in [0.717, 1.165) is 30.3 Å². The van der Waals surface area contributed by atoms with Gasteiger partial charge < -0.3 is 9.13 Å². The van der Waals surface area contributed by atoms with Crippen LogP contribution >= 0.6 is 0 Å². The number of hydrogen-bond acceptors (Lipinski definition) is 5. The van der Waals surface area contributed by atoms with Crippen molar-refractivity contribution in [2.75, 3.05) is 19.3 Å². The Morgan fingerprint density at radius 1 is 1.26 bits per heavy atom. The molecule has 0 atom stereocenters. The van der Waals surface area contributed by atoms with Crippen LogP contribution in [-0.4, -0.2) is 56.4 Å². The van der Waals surface area contributed by atoms with E-state index in [4.69, 9.17) is 0 Å². The number of sulfonamides is 1. The van der Waals surface area contributed by atoms with E-state index in [1.165, 1.54) is 10.6 Å². The fraction of sp³-hybridized carbons (Fsp3) is 0.643. The Morgan fingerprint density at radius 3 is 2.52 bits per heavy atom. The van der Waals surface area contributed by atoms with Gasteiger partial charge in [-0.05, 0) is 19.8 Å². The molecular formula is C14H22N6O2S. The highest BCUT2D eigenvalue weighted by Crippen LogP contribution is 2.27. The molecule has 23 heavy (non-hydrogen) atoms. The Labute approximate surface area is 136 Å². The average molecular weight is 338 g/mol. The van der Waals surface area contributed by atoms with E-state index in [1.807, 2.05) is 29.3 Å². The normalized spacial score (nSPS) is 17.7. The highest BCUT2D eigenvalue weighted by atomic mass is 32.2. The standard InChI is InChI=1S/C14H22N6O2S/c1-11-15-6-9-19(11)10-13-16-17-14(18(13)2)12-4-7-20(8-5-12)23(3,21)22/h6,9,12H,4-5,7-8,10H2,1-3H3. The Hall–Kier alpha value is -1.74. The molecule has 2 aromatic rings. The van der Waals surface area contributed by atoms with Gasteiger partial charge in [-0.2, -0.15) is 0 Å². The van der Waals surface area contributed by atoms with Crippen molar-refractivity contribution in [1.82, 2.24) is 28.6 Å². The summed E-state index contributed by atoms with van der Waals surface area (Å²) < 4.78 is 28.8. The van der Waals surface area contributed by atoms with Gasteiger partial charge >= 0.3 is 0 Å². The van der Waals surface area contributed by atoms with Crippen molar-refractivity contribution in [1.29, 1.82) is 0 Å². The number of piperidine rings is 1. The molecule has 1 aliphatic rings. The van der Waals surface area contributed by atoms with E-state index in [9.17, 15) is 8.42 Å². The molecule has 0 aliphatic carbocycles. The number of aryl methyl sites for hydroxylation is 1. The van der Waals surface area contributed by atoms with Gasteiger partial charge in [-0.25, -0.2) is 17.7 Å². The van der Waals surface area contributed by atoms with E-state index in [0.29, 0.717) is 19.6 Å². The van der Waals surface area contributed by atoms with E-state index >= 15 is 0 Å². The zero-order chi connectivity index (χ0) is 16.6. The Bertz CT molecular complexity index is 786. The lowest BCUT2D eigenvalue weighted by molar-refractivity contribution is 0.312. The molecule has 3 heterocycles. The molecule has 1 fully saturated rings. The topological polar surface area (TPSA) is 85.9 Å². The molecule has 1 aliphatic heterocycles. The van der Waals surface area contributed by atoms with Crippen LogP contribution < -0.4 is 0 Å². The molecule has 3 rings (SSSR count). The molecule has 0 N–H and O–H groups in total. The highest BCUT2D eigenvalue weighted by molar-refractivity contribution is 7.88. The molecule has 0 radical (unpaired) electrons. The van der Waals surface area contributed by atoms with E-state index in [2.05, 4.69) is 15.2 Å².